The Bertz CT molecular complexity index is 844. The summed E-state index contributed by atoms with van der Waals surface area (Å²) in [6, 6.07) is 11.2. The van der Waals surface area contributed by atoms with Crippen molar-refractivity contribution in [2.45, 2.75) is 33.2 Å². The van der Waals surface area contributed by atoms with E-state index in [9.17, 15) is 9.59 Å². The van der Waals surface area contributed by atoms with Gasteiger partial charge in [-0.15, -0.1) is 0 Å². The maximum absolute atomic E-state index is 12.5. The maximum Gasteiger partial charge on any atom is 0.335 e. The monoisotopic (exact) mass is 353 g/mol. The van der Waals surface area contributed by atoms with Crippen molar-refractivity contribution in [2.75, 3.05) is 13.2 Å². The number of carbonyl (C=O) groups is 2. The molecular formula is C21H23NO4. The fraction of sp³-hybridized carbons (Fsp3) is 0.333. The van der Waals surface area contributed by atoms with Crippen LogP contribution in [0.15, 0.2) is 36.4 Å². The quantitative estimate of drug-likeness (QED) is 0.895. The molecule has 1 aliphatic rings. The summed E-state index contributed by atoms with van der Waals surface area (Å²) in [6.07, 6.45) is 1.06. The molecule has 0 bridgehead atoms. The van der Waals surface area contributed by atoms with Gasteiger partial charge in [0.2, 0.25) is 5.91 Å². The lowest BCUT2D eigenvalue weighted by atomic mass is 9.97. The van der Waals surface area contributed by atoms with Crippen LogP contribution in [-0.4, -0.2) is 35.0 Å². The van der Waals surface area contributed by atoms with E-state index < -0.39 is 5.97 Å². The molecule has 136 valence electrons. The highest BCUT2D eigenvalue weighted by atomic mass is 16.5. The Kier molecular flexibility index (Phi) is 5.26. The minimum Gasteiger partial charge on any atom is -0.493 e. The minimum absolute atomic E-state index is 0.0293. The van der Waals surface area contributed by atoms with Gasteiger partial charge >= 0.3 is 5.97 Å². The van der Waals surface area contributed by atoms with E-state index in [1.165, 1.54) is 0 Å². The third-order valence-electron chi connectivity index (χ3n) is 4.74. The van der Waals surface area contributed by atoms with Crippen LogP contribution in [0.25, 0.3) is 0 Å². The van der Waals surface area contributed by atoms with Gasteiger partial charge in [-0.1, -0.05) is 18.2 Å². The third-order valence-corrected chi connectivity index (χ3v) is 4.74. The molecule has 0 radical (unpaired) electrons. The number of hydrogen-bond donors (Lipinski definition) is 1. The Morgan fingerprint density at radius 1 is 1.12 bits per heavy atom. The van der Waals surface area contributed by atoms with E-state index in [2.05, 4.69) is 0 Å². The molecule has 3 rings (SSSR count). The highest BCUT2D eigenvalue weighted by Gasteiger charge is 2.21. The molecule has 2 aromatic carbocycles. The lowest BCUT2D eigenvalue weighted by Gasteiger charge is -2.29. The van der Waals surface area contributed by atoms with E-state index in [1.807, 2.05) is 38.1 Å². The first-order chi connectivity index (χ1) is 12.4. The number of aryl methyl sites for hydroxylation is 2. The van der Waals surface area contributed by atoms with Gasteiger partial charge in [-0.25, -0.2) is 4.79 Å². The fourth-order valence-corrected chi connectivity index (χ4v) is 3.17. The minimum atomic E-state index is -0.946. The lowest BCUT2D eigenvalue weighted by molar-refractivity contribution is -0.132. The second-order valence-electron chi connectivity index (χ2n) is 6.72. The number of nitrogens with zero attached hydrogens (tertiary/aromatic N) is 1. The molecule has 0 saturated heterocycles. The zero-order valence-electron chi connectivity index (χ0n) is 15.1. The van der Waals surface area contributed by atoms with E-state index in [4.69, 9.17) is 9.84 Å². The van der Waals surface area contributed by atoms with E-state index in [-0.39, 0.29) is 11.5 Å². The van der Waals surface area contributed by atoms with Crippen LogP contribution in [0.5, 0.6) is 5.75 Å². The number of ether oxygens (including phenoxy) is 1. The van der Waals surface area contributed by atoms with Crippen LogP contribution in [0.2, 0.25) is 0 Å². The molecule has 0 spiro atoms. The van der Waals surface area contributed by atoms with Crippen molar-refractivity contribution >= 4 is 11.9 Å². The van der Waals surface area contributed by atoms with Gasteiger partial charge < -0.3 is 14.7 Å². The summed E-state index contributed by atoms with van der Waals surface area (Å²) in [5.74, 6) is -0.104. The third kappa shape index (κ3) is 4.04. The van der Waals surface area contributed by atoms with Crippen molar-refractivity contribution in [2.24, 2.45) is 0 Å². The fourth-order valence-electron chi connectivity index (χ4n) is 3.17. The van der Waals surface area contributed by atoms with Crippen molar-refractivity contribution < 1.29 is 19.4 Å². The van der Waals surface area contributed by atoms with Crippen LogP contribution in [0.4, 0.5) is 0 Å². The van der Waals surface area contributed by atoms with Crippen molar-refractivity contribution in [1.29, 1.82) is 0 Å². The summed E-state index contributed by atoms with van der Waals surface area (Å²) in [5, 5.41) is 9.13. The van der Waals surface area contributed by atoms with Crippen LogP contribution in [-0.2, 0) is 17.8 Å². The Morgan fingerprint density at radius 2 is 1.92 bits per heavy atom. The predicted molar refractivity (Wildman–Crippen MR) is 98.6 cm³/mol. The summed E-state index contributed by atoms with van der Waals surface area (Å²) in [7, 11) is 0. The van der Waals surface area contributed by atoms with Gasteiger partial charge in [0, 0.05) is 13.1 Å². The van der Waals surface area contributed by atoms with Crippen molar-refractivity contribution in [1.82, 2.24) is 4.90 Å². The Hall–Kier alpha value is -2.82. The van der Waals surface area contributed by atoms with Crippen LogP contribution < -0.4 is 4.74 Å². The number of rotatable bonds is 5. The first-order valence-electron chi connectivity index (χ1n) is 8.77. The zero-order chi connectivity index (χ0) is 18.7. The van der Waals surface area contributed by atoms with Gasteiger partial charge in [0.25, 0.3) is 0 Å². The summed E-state index contributed by atoms with van der Waals surface area (Å²) in [5.41, 5.74) is 4.47. The summed E-state index contributed by atoms with van der Waals surface area (Å²) in [4.78, 5) is 25.4. The molecule has 0 unspecified atom stereocenters. The molecule has 2 aromatic rings. The van der Waals surface area contributed by atoms with Gasteiger partial charge in [-0.3, -0.25) is 4.79 Å². The Labute approximate surface area is 153 Å². The molecule has 1 aliphatic heterocycles. The van der Waals surface area contributed by atoms with Crippen LogP contribution >= 0.6 is 0 Å². The second-order valence-corrected chi connectivity index (χ2v) is 6.72. The largest absolute Gasteiger partial charge is 0.493 e. The molecule has 26 heavy (non-hydrogen) atoms. The van der Waals surface area contributed by atoms with E-state index in [0.29, 0.717) is 26.1 Å². The number of fused-ring (bicyclic) bond motifs is 1. The Morgan fingerprint density at radius 3 is 2.69 bits per heavy atom. The van der Waals surface area contributed by atoms with Crippen molar-refractivity contribution in [3.05, 3.63) is 64.2 Å². The standard InChI is InChI=1S/C21H23NO4/c1-14-3-4-15(2)19(11-14)26-10-8-20(23)22-9-7-16-5-6-17(21(24)25)12-18(16)13-22/h3-6,11-12H,7-10,13H2,1-2H3,(H,24,25). The SMILES string of the molecule is Cc1ccc(C)c(OCCC(=O)N2CCc3ccc(C(=O)O)cc3C2)c1. The first kappa shape index (κ1) is 18.0. The Balaban J connectivity index is 1.58. The molecular weight excluding hydrogens is 330 g/mol. The molecule has 0 aromatic heterocycles. The molecule has 0 atom stereocenters. The lowest BCUT2D eigenvalue weighted by Crippen LogP contribution is -2.36. The smallest absolute Gasteiger partial charge is 0.335 e. The number of carboxylic acid groups (broad SMARTS) is 1. The van der Waals surface area contributed by atoms with Gasteiger partial charge in [0.1, 0.15) is 5.75 Å². The maximum atomic E-state index is 12.5. The normalized spacial score (nSPS) is 13.2. The summed E-state index contributed by atoms with van der Waals surface area (Å²) in [6.45, 7) is 5.44. The average Bonchev–Trinajstić information content (AvgIpc) is 2.63. The molecule has 5 heteroatoms. The van der Waals surface area contributed by atoms with Gasteiger partial charge in [0.05, 0.1) is 18.6 Å². The van der Waals surface area contributed by atoms with Gasteiger partial charge in [-0.05, 0) is 60.7 Å². The van der Waals surface area contributed by atoms with Crippen molar-refractivity contribution in [3.8, 4) is 5.75 Å². The zero-order valence-corrected chi connectivity index (χ0v) is 15.1. The van der Waals surface area contributed by atoms with Crippen molar-refractivity contribution in [3.63, 3.8) is 0 Å². The van der Waals surface area contributed by atoms with Crippen LogP contribution in [0.1, 0.15) is 39.0 Å². The number of hydrogen-bond acceptors (Lipinski definition) is 3. The van der Waals surface area contributed by atoms with Gasteiger partial charge in [0.15, 0.2) is 0 Å². The molecule has 0 fully saturated rings. The summed E-state index contributed by atoms with van der Waals surface area (Å²) < 4.78 is 5.77. The topological polar surface area (TPSA) is 66.8 Å². The number of carbonyl (C=O) groups excluding carboxylic acids is 1. The van der Waals surface area contributed by atoms with Crippen LogP contribution in [0.3, 0.4) is 0 Å². The number of aromatic carboxylic acids is 1. The molecule has 0 aliphatic carbocycles. The van der Waals surface area contributed by atoms with Gasteiger partial charge in [-0.2, -0.15) is 0 Å². The highest BCUT2D eigenvalue weighted by Crippen LogP contribution is 2.22. The average molecular weight is 353 g/mol. The van der Waals surface area contributed by atoms with E-state index >= 15 is 0 Å². The van der Waals surface area contributed by atoms with Crippen LogP contribution in [0, 0.1) is 13.8 Å². The first-order valence-corrected chi connectivity index (χ1v) is 8.77. The number of carboxylic acids is 1. The number of benzene rings is 2. The predicted octanol–water partition coefficient (Wildman–Crippen LogP) is 3.36. The molecule has 1 amide bonds. The second kappa shape index (κ2) is 7.60. The molecule has 1 heterocycles. The molecule has 0 saturated carbocycles. The molecule has 5 nitrogen and oxygen atoms in total. The van der Waals surface area contributed by atoms with E-state index in [0.717, 1.165) is 34.4 Å². The van der Waals surface area contributed by atoms with E-state index in [1.54, 1.807) is 17.0 Å². The highest BCUT2D eigenvalue weighted by molar-refractivity contribution is 5.88. The molecule has 1 N–H and O–H groups in total. The summed E-state index contributed by atoms with van der Waals surface area (Å²) >= 11 is 0. The number of amides is 1.